The fourth-order valence-electron chi connectivity index (χ4n) is 3.55. The van der Waals surface area contributed by atoms with Gasteiger partial charge in [-0.3, -0.25) is 4.90 Å². The van der Waals surface area contributed by atoms with E-state index in [2.05, 4.69) is 43.0 Å². The number of ether oxygens (including phenoxy) is 1. The van der Waals surface area contributed by atoms with Gasteiger partial charge in [-0.1, -0.05) is 44.5 Å². The van der Waals surface area contributed by atoms with E-state index >= 15 is 0 Å². The van der Waals surface area contributed by atoms with E-state index in [1.54, 1.807) is 0 Å². The highest BCUT2D eigenvalue weighted by Crippen LogP contribution is 2.33. The maximum Gasteiger partial charge on any atom is 0.111 e. The number of hydrogen-bond acceptors (Lipinski definition) is 2. The third-order valence-corrected chi connectivity index (χ3v) is 4.69. The lowest BCUT2D eigenvalue weighted by atomic mass is 9.99. The van der Waals surface area contributed by atoms with E-state index in [1.165, 1.54) is 43.2 Å². The molecule has 2 aliphatic rings. The molecule has 3 atom stereocenters. The molecule has 2 heterocycles. The highest BCUT2D eigenvalue weighted by molar-refractivity contribution is 5.22. The molecule has 0 N–H and O–H groups in total. The molecule has 1 aromatic carbocycles. The van der Waals surface area contributed by atoms with Gasteiger partial charge in [0.2, 0.25) is 0 Å². The van der Waals surface area contributed by atoms with E-state index in [1.807, 2.05) is 0 Å². The van der Waals surface area contributed by atoms with E-state index in [0.29, 0.717) is 12.3 Å². The van der Waals surface area contributed by atoms with E-state index in [4.69, 9.17) is 4.74 Å². The number of likely N-dealkylation sites (tertiary alicyclic amines) is 1. The normalized spacial score (nSPS) is 29.8. The molecule has 3 rings (SSSR count). The Balaban J connectivity index is 1.58. The molecule has 0 aliphatic carbocycles. The molecule has 0 aromatic heterocycles. The molecule has 20 heavy (non-hydrogen) atoms. The molecule has 2 bridgehead atoms. The van der Waals surface area contributed by atoms with Crippen molar-refractivity contribution in [1.82, 2.24) is 4.90 Å². The zero-order chi connectivity index (χ0) is 13.9. The number of hydrogen-bond donors (Lipinski definition) is 0. The number of aryl methyl sites for hydroxylation is 1. The van der Waals surface area contributed by atoms with Gasteiger partial charge in [0.05, 0.1) is 6.10 Å². The summed E-state index contributed by atoms with van der Waals surface area (Å²) in [6.45, 7) is 6.77. The first-order chi connectivity index (χ1) is 9.74. The van der Waals surface area contributed by atoms with E-state index in [9.17, 15) is 0 Å². The fourth-order valence-corrected chi connectivity index (χ4v) is 3.55. The summed E-state index contributed by atoms with van der Waals surface area (Å²) in [5, 5.41) is 0. The van der Waals surface area contributed by atoms with Crippen molar-refractivity contribution >= 4 is 0 Å². The van der Waals surface area contributed by atoms with Gasteiger partial charge in [0.25, 0.3) is 0 Å². The topological polar surface area (TPSA) is 12.5 Å². The summed E-state index contributed by atoms with van der Waals surface area (Å²) in [6.07, 6.45) is 7.06. The van der Waals surface area contributed by atoms with Crippen molar-refractivity contribution in [2.75, 3.05) is 6.54 Å². The molecule has 2 fully saturated rings. The van der Waals surface area contributed by atoms with Crippen LogP contribution in [-0.4, -0.2) is 23.8 Å². The first kappa shape index (κ1) is 14.1. The molecule has 0 amide bonds. The van der Waals surface area contributed by atoms with Gasteiger partial charge in [0, 0.05) is 13.1 Å². The first-order valence-electron chi connectivity index (χ1n) is 8.22. The van der Waals surface area contributed by atoms with Crippen LogP contribution in [0.1, 0.15) is 50.7 Å². The maximum absolute atomic E-state index is 6.06. The Labute approximate surface area is 123 Å². The minimum absolute atomic E-state index is 0.364. The number of unbranched alkanes of at least 4 members (excludes halogenated alkanes) is 1. The Hall–Kier alpha value is -0.860. The summed E-state index contributed by atoms with van der Waals surface area (Å²) < 4.78 is 6.06. The van der Waals surface area contributed by atoms with Gasteiger partial charge >= 0.3 is 0 Å². The van der Waals surface area contributed by atoms with Crippen LogP contribution in [-0.2, 0) is 17.7 Å². The molecule has 2 heteroatoms. The molecule has 0 unspecified atom stereocenters. The maximum atomic E-state index is 6.06. The van der Waals surface area contributed by atoms with E-state index < -0.39 is 0 Å². The van der Waals surface area contributed by atoms with Gasteiger partial charge in [-0.2, -0.15) is 0 Å². The van der Waals surface area contributed by atoms with Gasteiger partial charge in [-0.05, 0) is 42.7 Å². The molecule has 1 aromatic rings. The largest absolute Gasteiger partial charge is 0.359 e. The molecule has 2 aliphatic heterocycles. The Bertz CT molecular complexity index is 428. The van der Waals surface area contributed by atoms with Crippen LogP contribution >= 0.6 is 0 Å². The SMILES string of the molecule is CCCCc1ccc(CN2C[C@H]3C[C@H](C)C[C@@H]2O3)cc1. The van der Waals surface area contributed by atoms with Crippen LogP contribution in [0.5, 0.6) is 0 Å². The Kier molecular flexibility index (Phi) is 4.42. The summed E-state index contributed by atoms with van der Waals surface area (Å²) >= 11 is 0. The van der Waals surface area contributed by atoms with Crippen molar-refractivity contribution < 1.29 is 4.74 Å². The molecular formula is C18H27NO. The van der Waals surface area contributed by atoms with Gasteiger partial charge < -0.3 is 4.74 Å². The summed E-state index contributed by atoms with van der Waals surface area (Å²) in [4.78, 5) is 2.52. The van der Waals surface area contributed by atoms with Gasteiger partial charge in [0.1, 0.15) is 6.23 Å². The second kappa shape index (κ2) is 6.28. The minimum Gasteiger partial charge on any atom is -0.359 e. The van der Waals surface area contributed by atoms with Crippen molar-refractivity contribution in [2.24, 2.45) is 5.92 Å². The quantitative estimate of drug-likeness (QED) is 0.804. The van der Waals surface area contributed by atoms with Crippen LogP contribution < -0.4 is 0 Å². The zero-order valence-electron chi connectivity index (χ0n) is 12.8. The Morgan fingerprint density at radius 3 is 2.65 bits per heavy atom. The Morgan fingerprint density at radius 1 is 1.15 bits per heavy atom. The standard InChI is InChI=1S/C18H27NO/c1-3-4-5-15-6-8-16(9-7-15)12-19-13-17-10-14(2)11-18(19)20-17/h6-9,14,17-18H,3-5,10-13H2,1-2H3/t14-,17+,18-/m0/s1. The second-order valence-electron chi connectivity index (χ2n) is 6.64. The van der Waals surface area contributed by atoms with Crippen molar-refractivity contribution in [3.8, 4) is 0 Å². The van der Waals surface area contributed by atoms with E-state index in [-0.39, 0.29) is 0 Å². The zero-order valence-corrected chi connectivity index (χ0v) is 12.8. The average molecular weight is 273 g/mol. The van der Waals surface area contributed by atoms with Crippen LogP contribution in [0.3, 0.4) is 0 Å². The Morgan fingerprint density at radius 2 is 1.90 bits per heavy atom. The van der Waals surface area contributed by atoms with Crippen LogP contribution in [0.15, 0.2) is 24.3 Å². The lowest BCUT2D eigenvalue weighted by Gasteiger charge is -2.27. The van der Waals surface area contributed by atoms with Crippen molar-refractivity contribution in [3.05, 3.63) is 35.4 Å². The lowest BCUT2D eigenvalue weighted by Crippen LogP contribution is -2.31. The molecule has 0 spiro atoms. The van der Waals surface area contributed by atoms with Crippen LogP contribution in [0.25, 0.3) is 0 Å². The highest BCUT2D eigenvalue weighted by atomic mass is 16.5. The third-order valence-electron chi connectivity index (χ3n) is 4.69. The summed E-state index contributed by atoms with van der Waals surface area (Å²) in [5.41, 5.74) is 2.90. The van der Waals surface area contributed by atoms with Crippen molar-refractivity contribution in [2.45, 2.75) is 64.8 Å². The minimum atomic E-state index is 0.364. The van der Waals surface area contributed by atoms with Gasteiger partial charge in [-0.15, -0.1) is 0 Å². The van der Waals surface area contributed by atoms with Crippen LogP contribution in [0.2, 0.25) is 0 Å². The smallest absolute Gasteiger partial charge is 0.111 e. The molecule has 110 valence electrons. The predicted octanol–water partition coefficient (Wildman–Crippen LogP) is 3.99. The number of benzene rings is 1. The number of fused-ring (bicyclic) bond motifs is 2. The highest BCUT2D eigenvalue weighted by Gasteiger charge is 2.38. The van der Waals surface area contributed by atoms with Gasteiger partial charge in [0.15, 0.2) is 0 Å². The van der Waals surface area contributed by atoms with Crippen molar-refractivity contribution in [1.29, 1.82) is 0 Å². The molecule has 0 radical (unpaired) electrons. The third kappa shape index (κ3) is 3.24. The molecule has 2 nitrogen and oxygen atoms in total. The van der Waals surface area contributed by atoms with Crippen LogP contribution in [0, 0.1) is 5.92 Å². The molecule has 2 saturated heterocycles. The molecular weight excluding hydrogens is 246 g/mol. The molecule has 0 saturated carbocycles. The monoisotopic (exact) mass is 273 g/mol. The van der Waals surface area contributed by atoms with Crippen molar-refractivity contribution in [3.63, 3.8) is 0 Å². The predicted molar refractivity (Wildman–Crippen MR) is 82.5 cm³/mol. The van der Waals surface area contributed by atoms with Crippen LogP contribution in [0.4, 0.5) is 0 Å². The summed E-state index contributed by atoms with van der Waals surface area (Å²) in [7, 11) is 0. The number of nitrogens with zero attached hydrogens (tertiary/aromatic N) is 1. The average Bonchev–Trinajstić information content (AvgIpc) is 2.72. The number of rotatable bonds is 5. The first-order valence-corrected chi connectivity index (χ1v) is 8.22. The van der Waals surface area contributed by atoms with Gasteiger partial charge in [-0.25, -0.2) is 0 Å². The lowest BCUT2D eigenvalue weighted by molar-refractivity contribution is -0.0529. The fraction of sp³-hybridized carbons (Fsp3) is 0.667. The summed E-state index contributed by atoms with van der Waals surface area (Å²) in [5.74, 6) is 0.820. The second-order valence-corrected chi connectivity index (χ2v) is 6.64. The summed E-state index contributed by atoms with van der Waals surface area (Å²) in [6, 6.07) is 9.21. The van der Waals surface area contributed by atoms with E-state index in [0.717, 1.165) is 19.0 Å².